The monoisotopic (exact) mass is 396 g/mol. The molecule has 0 heterocycles. The second kappa shape index (κ2) is 12.0. The van der Waals surface area contributed by atoms with Gasteiger partial charge in [0.25, 0.3) is 0 Å². The van der Waals surface area contributed by atoms with Gasteiger partial charge in [0, 0.05) is 5.56 Å². The van der Waals surface area contributed by atoms with Crippen LogP contribution in [0.5, 0.6) is 5.75 Å². The summed E-state index contributed by atoms with van der Waals surface area (Å²) in [6, 6.07) is 2.07. The summed E-state index contributed by atoms with van der Waals surface area (Å²) in [4.78, 5) is 19.1. The van der Waals surface area contributed by atoms with E-state index in [2.05, 4.69) is 47.6 Å². The molecule has 0 atom stereocenters. The molecule has 1 aromatic rings. The van der Waals surface area contributed by atoms with Crippen molar-refractivity contribution in [3.8, 4) is 5.75 Å². The van der Waals surface area contributed by atoms with E-state index in [0.29, 0.717) is 5.75 Å². The number of benzene rings is 1. The van der Waals surface area contributed by atoms with E-state index in [1.165, 1.54) is 68.1 Å². The summed E-state index contributed by atoms with van der Waals surface area (Å²) >= 11 is 0. The Morgan fingerprint density at radius 2 is 1.44 bits per heavy atom. The first-order valence-corrected chi connectivity index (χ1v) is 11.9. The zero-order valence-electron chi connectivity index (χ0n) is 18.4. The highest BCUT2D eigenvalue weighted by atomic mass is 31.2. The van der Waals surface area contributed by atoms with Crippen molar-refractivity contribution in [1.29, 1.82) is 0 Å². The highest BCUT2D eigenvalue weighted by Gasteiger charge is 2.27. The molecule has 0 radical (unpaired) electrons. The molecule has 156 valence electrons. The van der Waals surface area contributed by atoms with Crippen molar-refractivity contribution in [2.24, 2.45) is 0 Å². The smallest absolute Gasteiger partial charge is 0.391 e. The zero-order chi connectivity index (χ0) is 20.4. The van der Waals surface area contributed by atoms with E-state index in [1.54, 1.807) is 0 Å². The van der Waals surface area contributed by atoms with Crippen LogP contribution in [0.25, 0.3) is 0 Å². The van der Waals surface area contributed by atoms with Crippen molar-refractivity contribution in [3.05, 3.63) is 28.3 Å². The number of aryl methyl sites for hydroxylation is 1. The Morgan fingerprint density at radius 1 is 0.889 bits per heavy atom. The summed E-state index contributed by atoms with van der Waals surface area (Å²) in [5.74, 6) is 0.667. The predicted molar refractivity (Wildman–Crippen MR) is 118 cm³/mol. The molecule has 0 aliphatic carbocycles. The van der Waals surface area contributed by atoms with E-state index in [9.17, 15) is 9.79 Å². The van der Waals surface area contributed by atoms with Crippen LogP contribution in [-0.4, -0.2) is 9.79 Å². The molecule has 0 aliphatic rings. The predicted octanol–water partition coefficient (Wildman–Crippen LogP) is 7.13. The lowest BCUT2D eigenvalue weighted by Crippen LogP contribution is -2.18. The lowest BCUT2D eigenvalue weighted by Gasteiger charge is -2.29. The van der Waals surface area contributed by atoms with Gasteiger partial charge in [-0.05, 0) is 60.8 Å². The molecule has 0 aromatic heterocycles. The summed E-state index contributed by atoms with van der Waals surface area (Å²) in [6.45, 7) is 13.3. The number of unbranched alkanes of at least 4 members (excludes halogenated alkanes) is 6. The zero-order valence-corrected chi connectivity index (χ0v) is 19.3. The minimum Gasteiger partial charge on any atom is -0.427 e. The summed E-state index contributed by atoms with van der Waals surface area (Å²) in [5.41, 5.74) is 5.08. The third-order valence-corrected chi connectivity index (χ3v) is 5.66. The van der Waals surface area contributed by atoms with Gasteiger partial charge in [-0.2, -0.15) is 0 Å². The van der Waals surface area contributed by atoms with E-state index in [1.807, 2.05) is 0 Å². The first-order valence-electron chi connectivity index (χ1n) is 10.7. The lowest BCUT2D eigenvalue weighted by atomic mass is 9.78. The first-order chi connectivity index (χ1) is 12.7. The molecular weight excluding hydrogens is 355 g/mol. The fraction of sp³-hybridized carbons (Fsp3) is 0.739. The van der Waals surface area contributed by atoms with Crippen molar-refractivity contribution in [2.45, 2.75) is 111 Å². The average Bonchev–Trinajstić information content (AvgIpc) is 2.57. The van der Waals surface area contributed by atoms with Crippen LogP contribution in [0.1, 0.15) is 108 Å². The third-order valence-electron chi connectivity index (χ3n) is 5.30. The van der Waals surface area contributed by atoms with Gasteiger partial charge >= 0.3 is 8.60 Å². The molecule has 0 saturated carbocycles. The summed E-state index contributed by atoms with van der Waals surface area (Å²) in [7, 11) is -2.41. The van der Waals surface area contributed by atoms with Gasteiger partial charge in [-0.1, -0.05) is 73.1 Å². The standard InChI is InChI=1S/C23H41O3P/c1-7-9-11-13-15-19-17-21(26-27(24)25)22(23(4,5)6)20(18(19)3)16-14-12-10-8-2/h17,24-25H,7-16H2,1-6H3. The molecule has 27 heavy (non-hydrogen) atoms. The van der Waals surface area contributed by atoms with Gasteiger partial charge in [-0.25, -0.2) is 0 Å². The quantitative estimate of drug-likeness (QED) is 0.292. The molecule has 0 amide bonds. The highest BCUT2D eigenvalue weighted by molar-refractivity contribution is 7.39. The van der Waals surface area contributed by atoms with Crippen LogP contribution in [0.4, 0.5) is 0 Å². The van der Waals surface area contributed by atoms with Crippen LogP contribution < -0.4 is 4.52 Å². The molecule has 0 spiro atoms. The molecule has 1 rings (SSSR count). The maximum Gasteiger partial charge on any atom is 0.391 e. The second-order valence-electron chi connectivity index (χ2n) is 8.73. The molecule has 0 fully saturated rings. The minimum absolute atomic E-state index is 0.105. The Hall–Kier alpha value is -0.630. The number of rotatable bonds is 12. The topological polar surface area (TPSA) is 49.7 Å². The third kappa shape index (κ3) is 8.10. The summed E-state index contributed by atoms with van der Waals surface area (Å²) < 4.78 is 5.54. The first kappa shape index (κ1) is 24.4. The largest absolute Gasteiger partial charge is 0.427 e. The Bertz CT molecular complexity index is 562. The molecule has 1 aromatic carbocycles. The molecule has 0 saturated heterocycles. The van der Waals surface area contributed by atoms with Crippen LogP contribution in [0.3, 0.4) is 0 Å². The highest BCUT2D eigenvalue weighted by Crippen LogP contribution is 2.43. The molecule has 4 heteroatoms. The van der Waals surface area contributed by atoms with Gasteiger partial charge in [0.2, 0.25) is 0 Å². The van der Waals surface area contributed by atoms with Crippen LogP contribution in [0, 0.1) is 6.92 Å². The average molecular weight is 397 g/mol. The van der Waals surface area contributed by atoms with Crippen molar-refractivity contribution in [2.75, 3.05) is 0 Å². The lowest BCUT2D eigenvalue weighted by molar-refractivity contribution is 0.369. The molecular formula is C23H41O3P. The Morgan fingerprint density at radius 3 is 1.93 bits per heavy atom. The van der Waals surface area contributed by atoms with Crippen LogP contribution >= 0.6 is 8.60 Å². The van der Waals surface area contributed by atoms with Crippen molar-refractivity contribution in [1.82, 2.24) is 0 Å². The maximum atomic E-state index is 9.54. The molecule has 0 bridgehead atoms. The van der Waals surface area contributed by atoms with Gasteiger partial charge in [-0.15, -0.1) is 0 Å². The van der Waals surface area contributed by atoms with Crippen molar-refractivity contribution >= 4 is 8.60 Å². The van der Waals surface area contributed by atoms with Crippen molar-refractivity contribution in [3.63, 3.8) is 0 Å². The number of hydrogen-bond acceptors (Lipinski definition) is 3. The van der Waals surface area contributed by atoms with E-state index in [4.69, 9.17) is 4.52 Å². The van der Waals surface area contributed by atoms with E-state index in [0.717, 1.165) is 18.4 Å². The molecule has 0 aliphatic heterocycles. The van der Waals surface area contributed by atoms with Crippen molar-refractivity contribution < 1.29 is 14.3 Å². The maximum absolute atomic E-state index is 9.54. The van der Waals surface area contributed by atoms with Gasteiger partial charge in [0.05, 0.1) is 0 Å². The molecule has 3 nitrogen and oxygen atoms in total. The van der Waals surface area contributed by atoms with Crippen LogP contribution in [0.15, 0.2) is 6.07 Å². The Balaban J connectivity index is 3.28. The fourth-order valence-corrected chi connectivity index (χ4v) is 4.21. The fourth-order valence-electron chi connectivity index (χ4n) is 3.89. The minimum atomic E-state index is -2.41. The van der Waals surface area contributed by atoms with Gasteiger partial charge in [-0.3, -0.25) is 0 Å². The summed E-state index contributed by atoms with van der Waals surface area (Å²) in [5, 5.41) is 0. The second-order valence-corrected chi connectivity index (χ2v) is 9.42. The molecule has 0 unspecified atom stereocenters. The Kier molecular flexibility index (Phi) is 10.9. The van der Waals surface area contributed by atoms with E-state index < -0.39 is 8.60 Å². The Labute approximate surface area is 168 Å². The van der Waals surface area contributed by atoms with E-state index >= 15 is 0 Å². The summed E-state index contributed by atoms with van der Waals surface area (Å²) in [6.07, 6.45) is 11.9. The SMILES string of the molecule is CCCCCCc1cc(OP(O)O)c(C(C)(C)C)c(CCCCCC)c1C. The van der Waals surface area contributed by atoms with Crippen LogP contribution in [-0.2, 0) is 18.3 Å². The van der Waals surface area contributed by atoms with Gasteiger partial charge < -0.3 is 14.3 Å². The van der Waals surface area contributed by atoms with E-state index in [-0.39, 0.29) is 5.41 Å². The van der Waals surface area contributed by atoms with Gasteiger partial charge in [0.15, 0.2) is 0 Å². The van der Waals surface area contributed by atoms with Gasteiger partial charge in [0.1, 0.15) is 5.75 Å². The number of hydrogen-bond donors (Lipinski definition) is 2. The molecule has 2 N–H and O–H groups in total. The van der Waals surface area contributed by atoms with Crippen LogP contribution in [0.2, 0.25) is 0 Å². The normalized spacial score (nSPS) is 12.0.